The van der Waals surface area contributed by atoms with Crippen LogP contribution in [0.3, 0.4) is 0 Å². The summed E-state index contributed by atoms with van der Waals surface area (Å²) in [6.07, 6.45) is 1.51. The Hall–Kier alpha value is -1.26. The van der Waals surface area contributed by atoms with Gasteiger partial charge in [-0.1, -0.05) is 6.07 Å². The molecule has 112 valence electrons. The molecule has 1 aromatic carbocycles. The summed E-state index contributed by atoms with van der Waals surface area (Å²) in [6, 6.07) is 6.52. The lowest BCUT2D eigenvalue weighted by Gasteiger charge is -2.17. The third-order valence-electron chi connectivity index (χ3n) is 3.54. The second-order valence-corrected chi connectivity index (χ2v) is 5.50. The smallest absolute Gasteiger partial charge is 0.161 e. The predicted molar refractivity (Wildman–Crippen MR) is 79.4 cm³/mol. The molecule has 1 aliphatic rings. The number of methoxy groups -OCH3 is 1. The van der Waals surface area contributed by atoms with Crippen molar-refractivity contribution in [1.82, 2.24) is 5.32 Å². The van der Waals surface area contributed by atoms with Crippen LogP contribution >= 0.6 is 0 Å². The molecule has 2 atom stereocenters. The van der Waals surface area contributed by atoms with Crippen LogP contribution in [0.1, 0.15) is 32.8 Å². The van der Waals surface area contributed by atoms with Gasteiger partial charge in [-0.15, -0.1) is 0 Å². The van der Waals surface area contributed by atoms with E-state index in [9.17, 15) is 0 Å². The Morgan fingerprint density at radius 1 is 1.35 bits per heavy atom. The first-order valence-corrected chi connectivity index (χ1v) is 7.28. The Morgan fingerprint density at radius 3 is 2.75 bits per heavy atom. The van der Waals surface area contributed by atoms with E-state index in [0.29, 0.717) is 12.1 Å². The van der Waals surface area contributed by atoms with E-state index < -0.39 is 0 Å². The fourth-order valence-corrected chi connectivity index (χ4v) is 2.42. The third-order valence-corrected chi connectivity index (χ3v) is 3.54. The molecule has 0 bridgehead atoms. The van der Waals surface area contributed by atoms with Crippen molar-refractivity contribution in [2.75, 3.05) is 13.7 Å². The van der Waals surface area contributed by atoms with Gasteiger partial charge in [-0.3, -0.25) is 0 Å². The van der Waals surface area contributed by atoms with Crippen LogP contribution in [-0.2, 0) is 11.3 Å². The Bertz CT molecular complexity index is 434. The molecule has 1 aromatic rings. The Balaban J connectivity index is 1.98. The van der Waals surface area contributed by atoms with Crippen molar-refractivity contribution in [1.29, 1.82) is 0 Å². The van der Waals surface area contributed by atoms with E-state index in [1.807, 2.05) is 26.0 Å². The molecule has 4 heteroatoms. The summed E-state index contributed by atoms with van der Waals surface area (Å²) in [4.78, 5) is 0. The van der Waals surface area contributed by atoms with E-state index in [4.69, 9.17) is 14.2 Å². The van der Waals surface area contributed by atoms with Gasteiger partial charge in [0, 0.05) is 19.2 Å². The summed E-state index contributed by atoms with van der Waals surface area (Å²) in [6.45, 7) is 7.80. The summed E-state index contributed by atoms with van der Waals surface area (Å²) in [5, 5.41) is 3.54. The van der Waals surface area contributed by atoms with Crippen molar-refractivity contribution in [3.05, 3.63) is 23.8 Å². The molecule has 1 saturated heterocycles. The lowest BCUT2D eigenvalue weighted by atomic mass is 10.1. The van der Waals surface area contributed by atoms with Crippen molar-refractivity contribution in [2.45, 2.75) is 52.0 Å². The monoisotopic (exact) mass is 279 g/mol. The maximum Gasteiger partial charge on any atom is 0.161 e. The molecule has 0 spiro atoms. The standard InChI is InChI=1S/C16H25NO3/c1-11(2)20-15-6-5-13(9-16(15)18-4)10-17-14-7-8-19-12(14)3/h5-6,9,11-12,14,17H,7-8,10H2,1-4H3. The zero-order valence-corrected chi connectivity index (χ0v) is 12.8. The van der Waals surface area contributed by atoms with Gasteiger partial charge in [0.1, 0.15) is 0 Å². The van der Waals surface area contributed by atoms with Gasteiger partial charge >= 0.3 is 0 Å². The van der Waals surface area contributed by atoms with Crippen molar-refractivity contribution in [3.63, 3.8) is 0 Å². The van der Waals surface area contributed by atoms with Crippen LogP contribution in [0.25, 0.3) is 0 Å². The first kappa shape index (κ1) is 15.1. The van der Waals surface area contributed by atoms with E-state index in [1.54, 1.807) is 7.11 Å². The Labute approximate surface area is 121 Å². The fourth-order valence-electron chi connectivity index (χ4n) is 2.42. The van der Waals surface area contributed by atoms with E-state index >= 15 is 0 Å². The Morgan fingerprint density at radius 2 is 2.15 bits per heavy atom. The number of hydrogen-bond acceptors (Lipinski definition) is 4. The third kappa shape index (κ3) is 3.87. The van der Waals surface area contributed by atoms with Gasteiger partial charge in [0.2, 0.25) is 0 Å². The summed E-state index contributed by atoms with van der Waals surface area (Å²) >= 11 is 0. The SMILES string of the molecule is COc1cc(CNC2CCOC2C)ccc1OC(C)C. The molecule has 0 saturated carbocycles. The van der Waals surface area contributed by atoms with Crippen molar-refractivity contribution in [3.8, 4) is 11.5 Å². The maximum absolute atomic E-state index is 5.72. The molecule has 2 unspecified atom stereocenters. The lowest BCUT2D eigenvalue weighted by molar-refractivity contribution is 0.113. The van der Waals surface area contributed by atoms with Crippen LogP contribution in [0.15, 0.2) is 18.2 Å². The number of rotatable bonds is 6. The molecule has 20 heavy (non-hydrogen) atoms. The van der Waals surface area contributed by atoms with Crippen LogP contribution in [0, 0.1) is 0 Å². The topological polar surface area (TPSA) is 39.7 Å². The van der Waals surface area contributed by atoms with Gasteiger partial charge in [0.05, 0.1) is 19.3 Å². The van der Waals surface area contributed by atoms with E-state index in [1.165, 1.54) is 5.56 Å². The number of nitrogens with one attached hydrogen (secondary N) is 1. The first-order valence-electron chi connectivity index (χ1n) is 7.28. The molecule has 1 heterocycles. The molecular formula is C16H25NO3. The van der Waals surface area contributed by atoms with Crippen LogP contribution < -0.4 is 14.8 Å². The van der Waals surface area contributed by atoms with E-state index in [-0.39, 0.29) is 6.10 Å². The molecule has 1 aliphatic heterocycles. The molecule has 0 aromatic heterocycles. The second kappa shape index (κ2) is 6.95. The minimum atomic E-state index is 0.143. The molecule has 0 amide bonds. The summed E-state index contributed by atoms with van der Waals surface area (Å²) < 4.78 is 16.7. The number of ether oxygens (including phenoxy) is 3. The van der Waals surface area contributed by atoms with Crippen molar-refractivity contribution >= 4 is 0 Å². The highest BCUT2D eigenvalue weighted by Gasteiger charge is 2.23. The quantitative estimate of drug-likeness (QED) is 0.869. The molecule has 4 nitrogen and oxygen atoms in total. The Kier molecular flexibility index (Phi) is 5.26. The number of hydrogen-bond donors (Lipinski definition) is 1. The zero-order valence-electron chi connectivity index (χ0n) is 12.8. The lowest BCUT2D eigenvalue weighted by Crippen LogP contribution is -2.34. The van der Waals surface area contributed by atoms with Crippen LogP contribution in [0.5, 0.6) is 11.5 Å². The normalized spacial score (nSPS) is 22.2. The fraction of sp³-hybridized carbons (Fsp3) is 0.625. The van der Waals surface area contributed by atoms with Gasteiger partial charge in [0.25, 0.3) is 0 Å². The summed E-state index contributed by atoms with van der Waals surface area (Å²) in [5.41, 5.74) is 1.19. The highest BCUT2D eigenvalue weighted by molar-refractivity contribution is 5.43. The molecule has 1 N–H and O–H groups in total. The van der Waals surface area contributed by atoms with Gasteiger partial charge in [-0.25, -0.2) is 0 Å². The molecule has 1 fully saturated rings. The van der Waals surface area contributed by atoms with Gasteiger partial charge in [-0.2, -0.15) is 0 Å². The second-order valence-electron chi connectivity index (χ2n) is 5.50. The summed E-state index contributed by atoms with van der Waals surface area (Å²) in [5.74, 6) is 1.58. The minimum Gasteiger partial charge on any atom is -0.493 e. The highest BCUT2D eigenvalue weighted by Crippen LogP contribution is 2.29. The van der Waals surface area contributed by atoms with E-state index in [2.05, 4.69) is 18.3 Å². The van der Waals surface area contributed by atoms with Gasteiger partial charge in [-0.05, 0) is 44.9 Å². The van der Waals surface area contributed by atoms with Crippen LogP contribution in [-0.4, -0.2) is 32.0 Å². The molecule has 0 aliphatic carbocycles. The van der Waals surface area contributed by atoms with Crippen LogP contribution in [0.4, 0.5) is 0 Å². The predicted octanol–water partition coefficient (Wildman–Crippen LogP) is 2.75. The average Bonchev–Trinajstić information content (AvgIpc) is 2.82. The number of benzene rings is 1. The molecule has 0 radical (unpaired) electrons. The zero-order chi connectivity index (χ0) is 14.5. The van der Waals surface area contributed by atoms with Gasteiger partial charge < -0.3 is 19.5 Å². The van der Waals surface area contributed by atoms with Gasteiger partial charge in [0.15, 0.2) is 11.5 Å². The van der Waals surface area contributed by atoms with E-state index in [0.717, 1.165) is 31.1 Å². The maximum atomic E-state index is 5.72. The first-order chi connectivity index (χ1) is 9.60. The van der Waals surface area contributed by atoms with Crippen molar-refractivity contribution in [2.24, 2.45) is 0 Å². The summed E-state index contributed by atoms with van der Waals surface area (Å²) in [7, 11) is 1.67. The largest absolute Gasteiger partial charge is 0.493 e. The molecular weight excluding hydrogens is 254 g/mol. The minimum absolute atomic E-state index is 0.143. The highest BCUT2D eigenvalue weighted by atomic mass is 16.5. The van der Waals surface area contributed by atoms with Crippen LogP contribution in [0.2, 0.25) is 0 Å². The molecule has 2 rings (SSSR count). The van der Waals surface area contributed by atoms with Crippen molar-refractivity contribution < 1.29 is 14.2 Å². The average molecular weight is 279 g/mol.